The quantitative estimate of drug-likeness (QED) is 0.0672. The topological polar surface area (TPSA) is 72.5 Å². The fourth-order valence-electron chi connectivity index (χ4n) is 8.04. The van der Waals surface area contributed by atoms with E-state index in [1.54, 1.807) is 7.11 Å². The van der Waals surface area contributed by atoms with E-state index in [9.17, 15) is 10.5 Å². The van der Waals surface area contributed by atoms with Crippen LogP contribution in [0.15, 0.2) is 151 Å². The van der Waals surface area contributed by atoms with Crippen molar-refractivity contribution in [2.24, 2.45) is 11.3 Å². The Hall–Kier alpha value is -7.02. The van der Waals surface area contributed by atoms with Gasteiger partial charge in [-0.1, -0.05) is 147 Å². The van der Waals surface area contributed by atoms with E-state index in [2.05, 4.69) is 138 Å². The van der Waals surface area contributed by atoms with Crippen molar-refractivity contribution >= 4 is 51.8 Å². The molecule has 6 rings (SSSR count). The van der Waals surface area contributed by atoms with Gasteiger partial charge in [0.1, 0.15) is 11.5 Å². The SMILES string of the molecule is CCCCC(CC)COc1cc(/C(C#N)=C/c2cc(N(c3ccccc3)c3ccccc3)c(/C=C(\C#N)C(C)(C)C)cc2N(c2ccccc2)c2ccccc2)c(OC)cc1C(C)(C)C. The summed E-state index contributed by atoms with van der Waals surface area (Å²) in [6, 6.07) is 54.6. The zero-order valence-corrected chi connectivity index (χ0v) is 39.7. The average Bonchev–Trinajstić information content (AvgIpc) is 3.31. The Morgan fingerprint density at radius 3 is 1.45 bits per heavy atom. The number of para-hydroxylation sites is 4. The molecular weight excluding hydrogens is 797 g/mol. The molecule has 6 aromatic carbocycles. The smallest absolute Gasteiger partial charge is 0.127 e. The summed E-state index contributed by atoms with van der Waals surface area (Å²) >= 11 is 0. The maximum Gasteiger partial charge on any atom is 0.127 e. The first-order chi connectivity index (χ1) is 31.3. The molecule has 6 aromatic rings. The summed E-state index contributed by atoms with van der Waals surface area (Å²) in [7, 11) is 1.66. The number of benzene rings is 6. The van der Waals surface area contributed by atoms with Crippen LogP contribution in [-0.4, -0.2) is 13.7 Å². The molecule has 0 fully saturated rings. The Bertz CT molecular complexity index is 2570. The van der Waals surface area contributed by atoms with Crippen molar-refractivity contribution in [3.63, 3.8) is 0 Å². The molecule has 0 heterocycles. The molecule has 0 radical (unpaired) electrons. The third-order valence-corrected chi connectivity index (χ3v) is 11.8. The molecule has 0 N–H and O–H groups in total. The zero-order valence-electron chi connectivity index (χ0n) is 39.7. The van der Waals surface area contributed by atoms with Crippen LogP contribution in [0.25, 0.3) is 17.7 Å². The van der Waals surface area contributed by atoms with E-state index in [0.29, 0.717) is 35.0 Å². The molecule has 0 aliphatic rings. The van der Waals surface area contributed by atoms with Crippen molar-refractivity contribution in [1.82, 2.24) is 0 Å². The Kier molecular flexibility index (Phi) is 15.8. The van der Waals surface area contributed by atoms with Crippen LogP contribution in [0, 0.1) is 34.0 Å². The fourth-order valence-corrected chi connectivity index (χ4v) is 8.04. The largest absolute Gasteiger partial charge is 0.496 e. The Morgan fingerprint density at radius 1 is 0.615 bits per heavy atom. The van der Waals surface area contributed by atoms with Crippen molar-refractivity contribution in [2.75, 3.05) is 23.5 Å². The van der Waals surface area contributed by atoms with Crippen LogP contribution in [0.4, 0.5) is 34.1 Å². The summed E-state index contributed by atoms with van der Waals surface area (Å²) in [5.74, 6) is 1.77. The van der Waals surface area contributed by atoms with Gasteiger partial charge in [0.2, 0.25) is 0 Å². The molecule has 0 saturated carbocycles. The summed E-state index contributed by atoms with van der Waals surface area (Å²) < 4.78 is 12.9. The Balaban J connectivity index is 1.74. The summed E-state index contributed by atoms with van der Waals surface area (Å²) in [5.41, 5.74) is 9.05. The molecular formula is C59H64N4O2. The fraction of sp³-hybridized carbons (Fsp3) is 0.288. The van der Waals surface area contributed by atoms with Crippen LogP contribution in [0.1, 0.15) is 103 Å². The minimum absolute atomic E-state index is 0.256. The van der Waals surface area contributed by atoms with Gasteiger partial charge in [-0.2, -0.15) is 10.5 Å². The lowest BCUT2D eigenvalue weighted by molar-refractivity contribution is 0.228. The summed E-state index contributed by atoms with van der Waals surface area (Å²) in [4.78, 5) is 4.44. The van der Waals surface area contributed by atoms with Gasteiger partial charge in [-0.3, -0.25) is 0 Å². The van der Waals surface area contributed by atoms with E-state index in [4.69, 9.17) is 9.47 Å². The minimum Gasteiger partial charge on any atom is -0.496 e. The summed E-state index contributed by atoms with van der Waals surface area (Å²) in [6.07, 6.45) is 8.43. The number of nitriles is 2. The van der Waals surface area contributed by atoms with Crippen LogP contribution < -0.4 is 19.3 Å². The van der Waals surface area contributed by atoms with Gasteiger partial charge in [0.15, 0.2) is 0 Å². The highest BCUT2D eigenvalue weighted by Gasteiger charge is 2.27. The maximum absolute atomic E-state index is 11.3. The molecule has 0 aliphatic heterocycles. The second kappa shape index (κ2) is 21.6. The molecule has 0 aliphatic carbocycles. The van der Waals surface area contributed by atoms with Gasteiger partial charge in [-0.15, -0.1) is 0 Å². The van der Waals surface area contributed by atoms with Crippen LogP contribution in [0.3, 0.4) is 0 Å². The summed E-state index contributed by atoms with van der Waals surface area (Å²) in [5, 5.41) is 22.0. The van der Waals surface area contributed by atoms with Crippen molar-refractivity contribution < 1.29 is 9.47 Å². The van der Waals surface area contributed by atoms with Crippen molar-refractivity contribution in [1.29, 1.82) is 10.5 Å². The van der Waals surface area contributed by atoms with Gasteiger partial charge >= 0.3 is 0 Å². The predicted octanol–water partition coefficient (Wildman–Crippen LogP) is 16.5. The second-order valence-corrected chi connectivity index (χ2v) is 18.6. The number of hydrogen-bond donors (Lipinski definition) is 0. The number of methoxy groups -OCH3 is 1. The van der Waals surface area contributed by atoms with Gasteiger partial charge in [-0.05, 0) is 108 Å². The highest BCUT2D eigenvalue weighted by atomic mass is 16.5. The van der Waals surface area contributed by atoms with Gasteiger partial charge in [-0.25, -0.2) is 0 Å². The molecule has 0 amide bonds. The third kappa shape index (κ3) is 11.6. The van der Waals surface area contributed by atoms with Gasteiger partial charge in [0, 0.05) is 50.6 Å². The highest BCUT2D eigenvalue weighted by Crippen LogP contribution is 2.47. The Labute approximate surface area is 388 Å². The molecule has 0 spiro atoms. The number of nitrogens with zero attached hydrogens (tertiary/aromatic N) is 4. The monoisotopic (exact) mass is 861 g/mol. The van der Waals surface area contributed by atoms with Crippen molar-refractivity contribution in [3.8, 4) is 23.6 Å². The highest BCUT2D eigenvalue weighted by molar-refractivity contribution is 5.99. The normalized spacial score (nSPS) is 12.5. The second-order valence-electron chi connectivity index (χ2n) is 18.6. The van der Waals surface area contributed by atoms with Crippen LogP contribution in [-0.2, 0) is 5.41 Å². The van der Waals surface area contributed by atoms with E-state index in [1.807, 2.05) is 97.1 Å². The molecule has 6 nitrogen and oxygen atoms in total. The standard InChI is InChI=1S/C59H64N4O2/c1-10-12-25-43(11-2)42-65-57-38-52(56(64-9)39-53(57)59(6,7)8)46(40-60)34-44-36-55(63(50-30-21-15-22-31-50)51-32-23-16-24-33-51)45(35-47(41-61)58(3,4)5)37-54(44)62(48-26-17-13-18-27-48)49-28-19-14-20-29-49/h13-24,26-39,43H,10-12,25,42H2,1-9H3/b46-34+,47-35+. The number of unbranched alkanes of at least 4 members (excludes halogenated alkanes) is 1. The molecule has 6 heteroatoms. The van der Waals surface area contributed by atoms with Crippen LogP contribution in [0.2, 0.25) is 0 Å². The Morgan fingerprint density at radius 2 is 1.08 bits per heavy atom. The van der Waals surface area contributed by atoms with Gasteiger partial charge in [0.05, 0.1) is 42.8 Å². The van der Waals surface area contributed by atoms with E-state index in [-0.39, 0.29) is 5.41 Å². The van der Waals surface area contributed by atoms with E-state index in [1.165, 1.54) is 0 Å². The van der Waals surface area contributed by atoms with E-state index in [0.717, 1.165) is 82.2 Å². The van der Waals surface area contributed by atoms with E-state index >= 15 is 0 Å². The average molecular weight is 861 g/mol. The molecule has 65 heavy (non-hydrogen) atoms. The van der Waals surface area contributed by atoms with Gasteiger partial charge < -0.3 is 19.3 Å². The third-order valence-electron chi connectivity index (χ3n) is 11.8. The first-order valence-electron chi connectivity index (χ1n) is 22.9. The zero-order chi connectivity index (χ0) is 46.6. The molecule has 0 bridgehead atoms. The number of rotatable bonds is 17. The number of allylic oxidation sites excluding steroid dienone is 2. The lowest BCUT2D eigenvalue weighted by atomic mass is 9.84. The van der Waals surface area contributed by atoms with E-state index < -0.39 is 5.41 Å². The van der Waals surface area contributed by atoms with Crippen LogP contribution in [0.5, 0.6) is 11.5 Å². The van der Waals surface area contributed by atoms with Gasteiger partial charge in [0.25, 0.3) is 0 Å². The lowest BCUT2D eigenvalue weighted by Gasteiger charge is -2.32. The van der Waals surface area contributed by atoms with Crippen molar-refractivity contribution in [3.05, 3.63) is 173 Å². The molecule has 332 valence electrons. The van der Waals surface area contributed by atoms with Crippen LogP contribution >= 0.6 is 0 Å². The number of hydrogen-bond acceptors (Lipinski definition) is 6. The predicted molar refractivity (Wildman–Crippen MR) is 273 cm³/mol. The molecule has 1 atom stereocenters. The van der Waals surface area contributed by atoms with Crippen molar-refractivity contribution in [2.45, 2.75) is 86.5 Å². The maximum atomic E-state index is 11.3. The molecule has 0 aromatic heterocycles. The first-order valence-corrected chi connectivity index (χ1v) is 22.9. The minimum atomic E-state index is -0.440. The number of ether oxygens (including phenoxy) is 2. The summed E-state index contributed by atoms with van der Waals surface area (Å²) in [6.45, 7) is 17.8. The molecule has 0 saturated heterocycles. The number of anilines is 6. The molecule has 1 unspecified atom stereocenters. The lowest BCUT2D eigenvalue weighted by Crippen LogP contribution is -2.17. The first kappa shape index (κ1) is 47.5.